The molecule has 0 aromatic heterocycles. The van der Waals surface area contributed by atoms with E-state index >= 15 is 0 Å². The summed E-state index contributed by atoms with van der Waals surface area (Å²) in [4.78, 5) is 11.4. The monoisotopic (exact) mass is 305 g/mol. The Hall–Kier alpha value is -0.580. The van der Waals surface area contributed by atoms with Crippen LogP contribution in [-0.2, 0) is 0 Å². The molecule has 5 heteroatoms. The fourth-order valence-corrected chi connectivity index (χ4v) is 1.89. The van der Waals surface area contributed by atoms with Gasteiger partial charge in [0.2, 0.25) is 0 Å². The minimum absolute atomic E-state index is 0.0239. The highest BCUT2D eigenvalue weighted by atomic mass is 79.9. The first-order valence-electron chi connectivity index (χ1n) is 4.83. The smallest absolute Gasteiger partial charge is 0.161 e. The molecule has 1 rings (SSSR count). The van der Waals surface area contributed by atoms with Gasteiger partial charge in [-0.25, -0.2) is 0 Å². The van der Waals surface area contributed by atoms with Gasteiger partial charge in [0.25, 0.3) is 0 Å². The second kappa shape index (κ2) is 6.23. The van der Waals surface area contributed by atoms with E-state index in [-0.39, 0.29) is 11.7 Å². The Balaban J connectivity index is 2.88. The lowest BCUT2D eigenvalue weighted by Crippen LogP contribution is -2.21. The Kier molecular flexibility index (Phi) is 5.25. The number of anilines is 1. The van der Waals surface area contributed by atoms with Crippen LogP contribution < -0.4 is 5.32 Å². The number of hydrogen-bond acceptors (Lipinski definition) is 3. The molecule has 0 heterocycles. The van der Waals surface area contributed by atoms with Gasteiger partial charge < -0.3 is 10.4 Å². The fourth-order valence-electron chi connectivity index (χ4n) is 1.27. The summed E-state index contributed by atoms with van der Waals surface area (Å²) in [5.74, 6) is 0.136. The molecule has 0 spiro atoms. The maximum atomic E-state index is 11.4. The van der Waals surface area contributed by atoms with Crippen molar-refractivity contribution in [2.45, 2.75) is 13.0 Å². The number of carbonyl (C=O) groups is 1. The minimum atomic E-state index is -0.631. The first kappa shape index (κ1) is 13.5. The van der Waals surface area contributed by atoms with Crippen molar-refractivity contribution in [1.82, 2.24) is 0 Å². The number of nitrogens with one attached hydrogen (secondary N) is 1. The lowest BCUT2D eigenvalue weighted by Gasteiger charge is -2.14. The predicted octanol–water partition coefficient (Wildman–Crippen LogP) is 2.66. The van der Waals surface area contributed by atoms with Gasteiger partial charge >= 0.3 is 0 Å². The molecule has 1 aromatic rings. The SMILES string of the molecule is CC(=O)c1cccc(Br)c1NCC(O)CCl. The van der Waals surface area contributed by atoms with Gasteiger partial charge in [0.15, 0.2) is 5.78 Å². The zero-order valence-corrected chi connectivity index (χ0v) is 11.2. The van der Waals surface area contributed by atoms with E-state index < -0.39 is 6.10 Å². The third kappa shape index (κ3) is 3.47. The summed E-state index contributed by atoms with van der Waals surface area (Å²) in [7, 11) is 0. The van der Waals surface area contributed by atoms with Crippen molar-refractivity contribution < 1.29 is 9.90 Å². The van der Waals surface area contributed by atoms with Gasteiger partial charge in [0.1, 0.15) is 0 Å². The zero-order chi connectivity index (χ0) is 12.1. The summed E-state index contributed by atoms with van der Waals surface area (Å²) < 4.78 is 0.793. The van der Waals surface area contributed by atoms with Crippen molar-refractivity contribution in [3.05, 3.63) is 28.2 Å². The average Bonchev–Trinajstić information content (AvgIpc) is 2.26. The van der Waals surface area contributed by atoms with Crippen molar-refractivity contribution in [3.8, 4) is 0 Å². The van der Waals surface area contributed by atoms with Gasteiger partial charge in [-0.2, -0.15) is 0 Å². The molecule has 0 aliphatic carbocycles. The molecule has 3 nitrogen and oxygen atoms in total. The Bertz CT molecular complexity index is 384. The standard InChI is InChI=1S/C11H13BrClNO2/c1-7(15)9-3-2-4-10(12)11(9)14-6-8(16)5-13/h2-4,8,14,16H,5-6H2,1H3. The number of aliphatic hydroxyl groups excluding tert-OH is 1. The number of aliphatic hydroxyl groups is 1. The van der Waals surface area contributed by atoms with Crippen molar-refractivity contribution in [2.75, 3.05) is 17.7 Å². The van der Waals surface area contributed by atoms with E-state index in [0.29, 0.717) is 17.8 Å². The predicted molar refractivity (Wildman–Crippen MR) is 69.4 cm³/mol. The summed E-state index contributed by atoms with van der Waals surface area (Å²) in [5, 5.41) is 12.4. The summed E-state index contributed by atoms with van der Waals surface area (Å²) >= 11 is 8.85. The van der Waals surface area contributed by atoms with Crippen LogP contribution in [-0.4, -0.2) is 29.4 Å². The number of halogens is 2. The lowest BCUT2D eigenvalue weighted by atomic mass is 10.1. The number of rotatable bonds is 5. The number of hydrogen-bond donors (Lipinski definition) is 2. The van der Waals surface area contributed by atoms with Crippen LogP contribution in [0.15, 0.2) is 22.7 Å². The van der Waals surface area contributed by atoms with Crippen molar-refractivity contribution >= 4 is 39.0 Å². The van der Waals surface area contributed by atoms with Crippen LogP contribution in [0.1, 0.15) is 17.3 Å². The molecule has 1 unspecified atom stereocenters. The number of benzene rings is 1. The van der Waals surface area contributed by atoms with Gasteiger partial charge in [-0.15, -0.1) is 11.6 Å². The molecule has 0 aliphatic heterocycles. The van der Waals surface area contributed by atoms with Crippen LogP contribution in [0.3, 0.4) is 0 Å². The van der Waals surface area contributed by atoms with E-state index in [1.54, 1.807) is 12.1 Å². The summed E-state index contributed by atoms with van der Waals surface area (Å²) in [6.07, 6.45) is -0.631. The van der Waals surface area contributed by atoms with Gasteiger partial charge in [0, 0.05) is 16.6 Å². The van der Waals surface area contributed by atoms with E-state index in [4.69, 9.17) is 11.6 Å². The summed E-state index contributed by atoms with van der Waals surface area (Å²) in [6, 6.07) is 5.37. The largest absolute Gasteiger partial charge is 0.390 e. The third-order valence-electron chi connectivity index (χ3n) is 2.09. The topological polar surface area (TPSA) is 49.3 Å². The molecule has 0 amide bonds. The Morgan fingerprint density at radius 3 is 2.88 bits per heavy atom. The Labute approximate surface area is 108 Å². The summed E-state index contributed by atoms with van der Waals surface area (Å²) in [5.41, 5.74) is 1.29. The van der Waals surface area contributed by atoms with Crippen LogP contribution in [0.2, 0.25) is 0 Å². The maximum absolute atomic E-state index is 11.4. The van der Waals surface area contributed by atoms with Crippen LogP contribution >= 0.6 is 27.5 Å². The molecular formula is C11H13BrClNO2. The Morgan fingerprint density at radius 1 is 1.62 bits per heavy atom. The van der Waals surface area contributed by atoms with Crippen LogP contribution in [0.5, 0.6) is 0 Å². The quantitative estimate of drug-likeness (QED) is 0.649. The normalized spacial score (nSPS) is 12.2. The van der Waals surface area contributed by atoms with E-state index in [0.717, 1.165) is 4.47 Å². The lowest BCUT2D eigenvalue weighted by molar-refractivity contribution is 0.101. The first-order chi connectivity index (χ1) is 7.56. The highest BCUT2D eigenvalue weighted by molar-refractivity contribution is 9.10. The van der Waals surface area contributed by atoms with Gasteiger partial charge in [-0.1, -0.05) is 6.07 Å². The highest BCUT2D eigenvalue weighted by Gasteiger charge is 2.11. The first-order valence-corrected chi connectivity index (χ1v) is 6.16. The average molecular weight is 307 g/mol. The molecule has 16 heavy (non-hydrogen) atoms. The van der Waals surface area contributed by atoms with E-state index in [2.05, 4.69) is 21.2 Å². The molecule has 1 atom stereocenters. The molecule has 0 fully saturated rings. The number of alkyl halides is 1. The molecule has 0 radical (unpaired) electrons. The van der Waals surface area contributed by atoms with Crippen LogP contribution in [0.25, 0.3) is 0 Å². The van der Waals surface area contributed by atoms with Crippen molar-refractivity contribution in [1.29, 1.82) is 0 Å². The van der Waals surface area contributed by atoms with Crippen LogP contribution in [0.4, 0.5) is 5.69 Å². The Morgan fingerprint density at radius 2 is 2.31 bits per heavy atom. The number of carbonyl (C=O) groups excluding carboxylic acids is 1. The molecule has 88 valence electrons. The molecule has 0 saturated carbocycles. The van der Waals surface area contributed by atoms with Gasteiger partial charge in [-0.3, -0.25) is 4.79 Å². The summed E-state index contributed by atoms with van der Waals surface area (Å²) in [6.45, 7) is 1.82. The second-order valence-corrected chi connectivity index (χ2v) is 4.57. The number of Topliss-reactive ketones (excluding diaryl/α,β-unsaturated/α-hetero) is 1. The molecule has 0 saturated heterocycles. The van der Waals surface area contributed by atoms with E-state index in [9.17, 15) is 9.90 Å². The minimum Gasteiger partial charge on any atom is -0.390 e. The molecular weight excluding hydrogens is 293 g/mol. The molecule has 2 N–H and O–H groups in total. The molecule has 1 aromatic carbocycles. The number of ketones is 1. The fraction of sp³-hybridized carbons (Fsp3) is 0.364. The number of para-hydroxylation sites is 1. The van der Waals surface area contributed by atoms with Gasteiger partial charge in [-0.05, 0) is 35.0 Å². The molecule has 0 aliphatic rings. The third-order valence-corrected chi connectivity index (χ3v) is 3.10. The van der Waals surface area contributed by atoms with Gasteiger partial charge in [0.05, 0.1) is 17.7 Å². The highest BCUT2D eigenvalue weighted by Crippen LogP contribution is 2.26. The van der Waals surface area contributed by atoms with E-state index in [1.165, 1.54) is 6.92 Å². The maximum Gasteiger partial charge on any atom is 0.161 e. The molecule has 0 bridgehead atoms. The van der Waals surface area contributed by atoms with Crippen molar-refractivity contribution in [2.24, 2.45) is 0 Å². The second-order valence-electron chi connectivity index (χ2n) is 3.41. The van der Waals surface area contributed by atoms with E-state index in [1.807, 2.05) is 6.07 Å². The van der Waals surface area contributed by atoms with Crippen LogP contribution in [0, 0.1) is 0 Å². The zero-order valence-electron chi connectivity index (χ0n) is 8.84. The van der Waals surface area contributed by atoms with Crippen molar-refractivity contribution in [3.63, 3.8) is 0 Å².